The minimum atomic E-state index is -0.598. The number of hydrogen-bond acceptors (Lipinski definition) is 6. The largest absolute Gasteiger partial charge is 0.389 e. The van der Waals surface area contributed by atoms with E-state index in [2.05, 4.69) is 135 Å². The van der Waals surface area contributed by atoms with E-state index in [1.807, 2.05) is 0 Å². The highest BCUT2D eigenvalue weighted by Crippen LogP contribution is 2.28. The van der Waals surface area contributed by atoms with E-state index >= 15 is 0 Å². The standard InChI is InChI=1S/C41H52N2O4/c1-30-6-14-34(15-7-30)40(35-16-8-31(2)9-17-35)46-28-38(44)26-42-22-5-23-43(25-24-42)27-39(45)29-47-41(36-18-10-32(3)11-19-36)37-20-12-33(4)13-21-37/h6-21,38-41,44-45H,5,22-29H2,1-4H3/t38-,39-/m0/s1. The SMILES string of the molecule is Cc1ccc(C(OC[C@@H](O)CN2CCCN(C[C@H](O)COC(c3ccc(C)cc3)c3ccc(C)cc3)CC2)c2ccc(C)cc2)cc1. The van der Waals surface area contributed by atoms with Gasteiger partial charge in [-0.05, 0) is 69.5 Å². The zero-order chi connectivity index (χ0) is 33.2. The lowest BCUT2D eigenvalue weighted by Gasteiger charge is -2.27. The molecule has 1 aliphatic rings. The molecule has 0 saturated carbocycles. The van der Waals surface area contributed by atoms with Crippen molar-refractivity contribution >= 4 is 0 Å². The summed E-state index contributed by atoms with van der Waals surface area (Å²) in [5, 5.41) is 22.1. The van der Waals surface area contributed by atoms with Gasteiger partial charge >= 0.3 is 0 Å². The maximum atomic E-state index is 11.0. The molecule has 0 bridgehead atoms. The molecule has 1 heterocycles. The molecule has 0 aromatic heterocycles. The molecule has 5 rings (SSSR count). The number of aryl methyl sites for hydroxylation is 4. The summed E-state index contributed by atoms with van der Waals surface area (Å²) in [5.41, 5.74) is 9.18. The van der Waals surface area contributed by atoms with Crippen molar-refractivity contribution in [3.8, 4) is 0 Å². The number of rotatable bonds is 14. The van der Waals surface area contributed by atoms with Crippen molar-refractivity contribution in [1.82, 2.24) is 9.80 Å². The average molecular weight is 637 g/mol. The second-order valence-corrected chi connectivity index (χ2v) is 13.3. The fraction of sp³-hybridized carbons (Fsp3) is 0.415. The van der Waals surface area contributed by atoms with E-state index in [-0.39, 0.29) is 25.4 Å². The molecular formula is C41H52N2O4. The highest BCUT2D eigenvalue weighted by atomic mass is 16.5. The third kappa shape index (κ3) is 10.6. The first-order valence-corrected chi connectivity index (χ1v) is 17.0. The molecule has 4 aromatic carbocycles. The number of aliphatic hydroxyl groups excluding tert-OH is 2. The van der Waals surface area contributed by atoms with Gasteiger partial charge in [-0.25, -0.2) is 0 Å². The number of benzene rings is 4. The molecule has 2 N–H and O–H groups in total. The van der Waals surface area contributed by atoms with Crippen molar-refractivity contribution < 1.29 is 19.7 Å². The van der Waals surface area contributed by atoms with E-state index in [0.29, 0.717) is 13.1 Å². The van der Waals surface area contributed by atoms with E-state index in [0.717, 1.165) is 54.9 Å². The van der Waals surface area contributed by atoms with Crippen molar-refractivity contribution in [3.05, 3.63) is 142 Å². The lowest BCUT2D eigenvalue weighted by atomic mass is 9.99. The topological polar surface area (TPSA) is 65.4 Å². The molecule has 1 fully saturated rings. The van der Waals surface area contributed by atoms with Crippen LogP contribution in [0.25, 0.3) is 0 Å². The lowest BCUT2D eigenvalue weighted by Crippen LogP contribution is -2.40. The highest BCUT2D eigenvalue weighted by Gasteiger charge is 2.23. The summed E-state index contributed by atoms with van der Waals surface area (Å²) in [7, 11) is 0. The molecule has 1 aliphatic heterocycles. The zero-order valence-corrected chi connectivity index (χ0v) is 28.5. The Kier molecular flexibility index (Phi) is 12.8. The fourth-order valence-corrected chi connectivity index (χ4v) is 6.24. The van der Waals surface area contributed by atoms with Crippen molar-refractivity contribution in [2.75, 3.05) is 52.5 Å². The van der Waals surface area contributed by atoms with Crippen LogP contribution in [-0.4, -0.2) is 84.7 Å². The molecular weight excluding hydrogens is 584 g/mol. The van der Waals surface area contributed by atoms with Crippen LogP contribution in [0, 0.1) is 27.7 Å². The summed E-state index contributed by atoms with van der Waals surface area (Å²) < 4.78 is 12.8. The molecule has 0 aliphatic carbocycles. The quantitative estimate of drug-likeness (QED) is 0.164. The van der Waals surface area contributed by atoms with Crippen LogP contribution in [-0.2, 0) is 9.47 Å². The monoisotopic (exact) mass is 636 g/mol. The predicted molar refractivity (Wildman–Crippen MR) is 190 cm³/mol. The first-order chi connectivity index (χ1) is 22.7. The molecule has 0 spiro atoms. The van der Waals surface area contributed by atoms with Gasteiger partial charge in [0.15, 0.2) is 0 Å². The lowest BCUT2D eigenvalue weighted by molar-refractivity contribution is -0.0111. The van der Waals surface area contributed by atoms with Gasteiger partial charge in [-0.1, -0.05) is 119 Å². The Hall–Kier alpha value is -3.36. The van der Waals surface area contributed by atoms with Crippen molar-refractivity contribution in [3.63, 3.8) is 0 Å². The summed E-state index contributed by atoms with van der Waals surface area (Å²) in [4.78, 5) is 4.63. The Morgan fingerprint density at radius 2 is 0.745 bits per heavy atom. The van der Waals surface area contributed by atoms with Crippen LogP contribution in [0.4, 0.5) is 0 Å². The van der Waals surface area contributed by atoms with Gasteiger partial charge in [-0.2, -0.15) is 0 Å². The number of β-amino-alcohol motifs (C(OH)–C–C–N with tert-alkyl or cyclic N) is 2. The Labute approximate surface area is 281 Å². The Balaban J connectivity index is 1.10. The van der Waals surface area contributed by atoms with Crippen LogP contribution in [0.2, 0.25) is 0 Å². The van der Waals surface area contributed by atoms with Gasteiger partial charge in [0, 0.05) is 26.2 Å². The number of nitrogens with zero attached hydrogens (tertiary/aromatic N) is 2. The second kappa shape index (κ2) is 17.2. The molecule has 250 valence electrons. The highest BCUT2D eigenvalue weighted by molar-refractivity contribution is 5.34. The zero-order valence-electron chi connectivity index (χ0n) is 28.5. The third-order valence-corrected chi connectivity index (χ3v) is 9.05. The first-order valence-electron chi connectivity index (χ1n) is 17.0. The predicted octanol–water partition coefficient (Wildman–Crippen LogP) is 6.56. The molecule has 47 heavy (non-hydrogen) atoms. The van der Waals surface area contributed by atoms with Gasteiger partial charge in [0.2, 0.25) is 0 Å². The van der Waals surface area contributed by atoms with E-state index < -0.39 is 12.2 Å². The van der Waals surface area contributed by atoms with Crippen molar-refractivity contribution in [1.29, 1.82) is 0 Å². The van der Waals surface area contributed by atoms with Crippen LogP contribution in [0.5, 0.6) is 0 Å². The number of aliphatic hydroxyl groups is 2. The van der Waals surface area contributed by atoms with E-state index in [1.54, 1.807) is 0 Å². The average Bonchev–Trinajstić information content (AvgIpc) is 3.29. The van der Waals surface area contributed by atoms with E-state index in [1.165, 1.54) is 22.3 Å². The van der Waals surface area contributed by atoms with Gasteiger partial charge in [-0.3, -0.25) is 9.80 Å². The van der Waals surface area contributed by atoms with Crippen LogP contribution < -0.4 is 0 Å². The van der Waals surface area contributed by atoms with Gasteiger partial charge in [0.1, 0.15) is 12.2 Å². The molecule has 6 nitrogen and oxygen atoms in total. The summed E-state index contributed by atoms with van der Waals surface area (Å²) in [6.45, 7) is 13.4. The van der Waals surface area contributed by atoms with Crippen LogP contribution in [0.1, 0.15) is 63.1 Å². The molecule has 6 heteroatoms. The summed E-state index contributed by atoms with van der Waals surface area (Å²) >= 11 is 0. The maximum Gasteiger partial charge on any atom is 0.108 e. The molecule has 2 atom stereocenters. The van der Waals surface area contributed by atoms with Crippen molar-refractivity contribution in [2.24, 2.45) is 0 Å². The molecule has 0 amide bonds. The van der Waals surface area contributed by atoms with Crippen LogP contribution in [0.15, 0.2) is 97.1 Å². The number of ether oxygens (including phenoxy) is 2. The minimum Gasteiger partial charge on any atom is -0.389 e. The van der Waals surface area contributed by atoms with Crippen LogP contribution in [0.3, 0.4) is 0 Å². The van der Waals surface area contributed by atoms with Crippen LogP contribution >= 0.6 is 0 Å². The van der Waals surface area contributed by atoms with E-state index in [4.69, 9.17) is 9.47 Å². The van der Waals surface area contributed by atoms with E-state index in [9.17, 15) is 10.2 Å². The molecule has 0 radical (unpaired) electrons. The smallest absolute Gasteiger partial charge is 0.108 e. The van der Waals surface area contributed by atoms with Gasteiger partial charge in [-0.15, -0.1) is 0 Å². The number of hydrogen-bond donors (Lipinski definition) is 2. The Morgan fingerprint density at radius 3 is 1.02 bits per heavy atom. The Bertz CT molecular complexity index is 1280. The summed E-state index contributed by atoms with van der Waals surface area (Å²) in [6, 6.07) is 33.7. The minimum absolute atomic E-state index is 0.231. The van der Waals surface area contributed by atoms with Gasteiger partial charge in [0.05, 0.1) is 25.4 Å². The maximum absolute atomic E-state index is 11.0. The van der Waals surface area contributed by atoms with Gasteiger partial charge in [0.25, 0.3) is 0 Å². The second-order valence-electron chi connectivity index (χ2n) is 13.3. The van der Waals surface area contributed by atoms with Gasteiger partial charge < -0.3 is 19.7 Å². The summed E-state index contributed by atoms with van der Waals surface area (Å²) in [5.74, 6) is 0. The fourth-order valence-electron chi connectivity index (χ4n) is 6.24. The molecule has 4 aromatic rings. The summed E-state index contributed by atoms with van der Waals surface area (Å²) in [6.07, 6.45) is -0.679. The van der Waals surface area contributed by atoms with Crippen molar-refractivity contribution in [2.45, 2.75) is 58.5 Å². The first kappa shape index (κ1) is 35.0. The normalized spacial score (nSPS) is 16.0. The Morgan fingerprint density at radius 1 is 0.468 bits per heavy atom. The molecule has 1 saturated heterocycles. The molecule has 0 unspecified atom stereocenters. The third-order valence-electron chi connectivity index (χ3n) is 9.05.